The monoisotopic (exact) mass is 459 g/mol. The van der Waals surface area contributed by atoms with E-state index < -0.39 is 36.2 Å². The molecule has 0 bridgehead atoms. The Labute approximate surface area is 190 Å². The molecule has 2 aliphatic rings. The van der Waals surface area contributed by atoms with E-state index in [0.29, 0.717) is 31.9 Å². The Bertz CT molecular complexity index is 580. The molecule has 0 aromatic rings. The van der Waals surface area contributed by atoms with Crippen LogP contribution in [-0.2, 0) is 19.1 Å². The summed E-state index contributed by atoms with van der Waals surface area (Å²) in [6.07, 6.45) is 2.47. The molecule has 4 N–H and O–H groups in total. The molecule has 5 atom stereocenters. The minimum absolute atomic E-state index is 0.0226. The number of hydrogen-bond donors (Lipinski definition) is 4. The summed E-state index contributed by atoms with van der Waals surface area (Å²) in [5, 5.41) is 38.6. The van der Waals surface area contributed by atoms with E-state index in [2.05, 4.69) is 0 Å². The highest BCUT2D eigenvalue weighted by Crippen LogP contribution is 2.29. The summed E-state index contributed by atoms with van der Waals surface area (Å²) in [7, 11) is 0. The van der Waals surface area contributed by atoms with Gasteiger partial charge in [0.2, 0.25) is 6.41 Å². The summed E-state index contributed by atoms with van der Waals surface area (Å²) in [5.41, 5.74) is -0.809. The lowest BCUT2D eigenvalue weighted by Crippen LogP contribution is -2.58. The summed E-state index contributed by atoms with van der Waals surface area (Å²) >= 11 is 0. The van der Waals surface area contributed by atoms with E-state index in [9.17, 15) is 30.0 Å². The lowest BCUT2D eigenvalue weighted by molar-refractivity contribution is -0.288. The van der Waals surface area contributed by atoms with Crippen molar-refractivity contribution in [2.24, 2.45) is 5.92 Å². The number of ketones is 1. The molecular formula is C23H41NO8. The van der Waals surface area contributed by atoms with Crippen molar-refractivity contribution in [1.82, 2.24) is 4.90 Å². The van der Waals surface area contributed by atoms with Crippen LogP contribution in [-0.4, -0.2) is 93.5 Å². The van der Waals surface area contributed by atoms with Crippen molar-refractivity contribution < 1.29 is 39.5 Å². The van der Waals surface area contributed by atoms with Crippen molar-refractivity contribution in [2.75, 3.05) is 19.8 Å². The zero-order chi connectivity index (χ0) is 23.7. The number of rotatable bonds is 13. The number of carbonyl (C=O) groups excluding carboxylic acids is 2. The van der Waals surface area contributed by atoms with Gasteiger partial charge in [-0.2, -0.15) is 0 Å². The highest BCUT2D eigenvalue weighted by molar-refractivity contribution is 5.89. The summed E-state index contributed by atoms with van der Waals surface area (Å²) in [6.45, 7) is 4.50. The molecule has 2 rings (SSSR count). The number of unbranched alkanes of at least 4 members (excludes halogenated alkanes) is 2. The predicted molar refractivity (Wildman–Crippen MR) is 117 cm³/mol. The molecule has 9 heteroatoms. The fraction of sp³-hybridized carbons (Fsp3) is 0.913. The van der Waals surface area contributed by atoms with Gasteiger partial charge in [-0.1, -0.05) is 32.1 Å². The normalized spacial score (nSPS) is 29.6. The van der Waals surface area contributed by atoms with Gasteiger partial charge < -0.3 is 34.8 Å². The van der Waals surface area contributed by atoms with Crippen LogP contribution in [0.2, 0.25) is 0 Å². The molecule has 9 nitrogen and oxygen atoms in total. The molecule has 32 heavy (non-hydrogen) atoms. The summed E-state index contributed by atoms with van der Waals surface area (Å²) in [5.74, 6) is 0.568. The molecule has 186 valence electrons. The average molecular weight is 460 g/mol. The van der Waals surface area contributed by atoms with Crippen LogP contribution >= 0.6 is 0 Å². The molecule has 1 aliphatic heterocycles. The van der Waals surface area contributed by atoms with E-state index in [1.165, 1.54) is 19.3 Å². The fourth-order valence-corrected chi connectivity index (χ4v) is 4.46. The maximum Gasteiger partial charge on any atom is 0.210 e. The molecule has 0 spiro atoms. The van der Waals surface area contributed by atoms with Crippen LogP contribution in [0.5, 0.6) is 0 Å². The van der Waals surface area contributed by atoms with E-state index in [-0.39, 0.29) is 12.4 Å². The molecule has 0 aromatic carbocycles. The van der Waals surface area contributed by atoms with Gasteiger partial charge in [-0.3, -0.25) is 9.59 Å². The van der Waals surface area contributed by atoms with Crippen LogP contribution in [0.15, 0.2) is 0 Å². The van der Waals surface area contributed by atoms with Gasteiger partial charge in [0, 0.05) is 19.6 Å². The van der Waals surface area contributed by atoms with Crippen LogP contribution in [0.3, 0.4) is 0 Å². The van der Waals surface area contributed by atoms with Gasteiger partial charge in [0.15, 0.2) is 12.1 Å². The second-order valence-corrected chi connectivity index (χ2v) is 9.66. The first-order valence-corrected chi connectivity index (χ1v) is 11.9. The van der Waals surface area contributed by atoms with Crippen LogP contribution in [0, 0.1) is 5.92 Å². The summed E-state index contributed by atoms with van der Waals surface area (Å²) in [6, 6.07) is 0. The molecule has 2 fully saturated rings. The molecule has 1 amide bonds. The first-order chi connectivity index (χ1) is 15.2. The number of Topliss-reactive ketones (excluding diaryl/α,β-unsaturated/α-hetero) is 1. The number of carbonyl (C=O) groups is 2. The lowest BCUT2D eigenvalue weighted by Gasteiger charge is -2.38. The van der Waals surface area contributed by atoms with E-state index in [1.54, 1.807) is 4.90 Å². The highest BCUT2D eigenvalue weighted by Gasteiger charge is 2.43. The molecule has 0 radical (unpaired) electrons. The molecule has 1 aliphatic carbocycles. The fourth-order valence-electron chi connectivity index (χ4n) is 4.46. The van der Waals surface area contributed by atoms with E-state index in [1.807, 2.05) is 13.8 Å². The van der Waals surface area contributed by atoms with Crippen molar-refractivity contribution >= 4 is 12.2 Å². The number of hydrogen-bond acceptors (Lipinski definition) is 8. The largest absolute Gasteiger partial charge is 0.387 e. The number of ether oxygens (including phenoxy) is 2. The molecular weight excluding hydrogens is 418 g/mol. The van der Waals surface area contributed by atoms with Crippen molar-refractivity contribution in [1.29, 1.82) is 0 Å². The van der Waals surface area contributed by atoms with Crippen molar-refractivity contribution in [3.8, 4) is 0 Å². The molecule has 1 heterocycles. The Morgan fingerprint density at radius 3 is 2.38 bits per heavy atom. The van der Waals surface area contributed by atoms with Crippen LogP contribution in [0.1, 0.15) is 71.6 Å². The number of aliphatic hydroxyl groups is 4. The Balaban J connectivity index is 1.64. The van der Waals surface area contributed by atoms with Gasteiger partial charge >= 0.3 is 0 Å². The third-order valence-electron chi connectivity index (χ3n) is 6.88. The summed E-state index contributed by atoms with van der Waals surface area (Å²) < 4.78 is 10.5. The standard InChI is InChI=1S/C23H41NO8/c1-23(2,18(26)13-16-9-5-3-6-10-16)24(15-25)11-7-4-8-12-31-14-17-19(27)20(28)21(29)22(30)32-17/h15-17,19-22,27-30H,3-14H2,1-2H3/t17-,19-,20+,21-,22-/m1/s1. The molecule has 1 saturated heterocycles. The predicted octanol–water partition coefficient (Wildman–Crippen LogP) is 0.750. The Kier molecular flexibility index (Phi) is 11.0. The lowest BCUT2D eigenvalue weighted by atomic mass is 9.82. The van der Waals surface area contributed by atoms with Crippen molar-refractivity contribution in [2.45, 2.75) is 108 Å². The van der Waals surface area contributed by atoms with E-state index in [4.69, 9.17) is 9.47 Å². The smallest absolute Gasteiger partial charge is 0.210 e. The van der Waals surface area contributed by atoms with Gasteiger partial charge in [0.1, 0.15) is 24.4 Å². The Morgan fingerprint density at radius 1 is 1.03 bits per heavy atom. The van der Waals surface area contributed by atoms with Gasteiger partial charge in [0.25, 0.3) is 0 Å². The van der Waals surface area contributed by atoms with Crippen molar-refractivity contribution in [3.63, 3.8) is 0 Å². The SMILES string of the molecule is CC(C)(C(=O)CC1CCCCC1)N(C=O)CCCCCOC[C@H]1O[C@@H](O)[C@H](O)[C@@H](O)[C@@H]1O. The summed E-state index contributed by atoms with van der Waals surface area (Å²) in [4.78, 5) is 26.1. The maximum atomic E-state index is 12.8. The van der Waals surface area contributed by atoms with Gasteiger partial charge in [0.05, 0.1) is 12.1 Å². The zero-order valence-corrected chi connectivity index (χ0v) is 19.4. The van der Waals surface area contributed by atoms with E-state index in [0.717, 1.165) is 32.1 Å². The second kappa shape index (κ2) is 13.0. The number of amides is 1. The molecule has 0 aromatic heterocycles. The first-order valence-electron chi connectivity index (χ1n) is 11.9. The number of nitrogens with zero attached hydrogens (tertiary/aromatic N) is 1. The zero-order valence-electron chi connectivity index (χ0n) is 19.4. The third kappa shape index (κ3) is 7.46. The van der Waals surface area contributed by atoms with Crippen molar-refractivity contribution in [3.05, 3.63) is 0 Å². The Morgan fingerprint density at radius 2 is 1.72 bits per heavy atom. The highest BCUT2D eigenvalue weighted by atomic mass is 16.6. The third-order valence-corrected chi connectivity index (χ3v) is 6.88. The van der Waals surface area contributed by atoms with Crippen LogP contribution < -0.4 is 0 Å². The maximum absolute atomic E-state index is 12.8. The van der Waals surface area contributed by atoms with Gasteiger partial charge in [-0.25, -0.2) is 0 Å². The quantitative estimate of drug-likeness (QED) is 0.234. The number of aliphatic hydroxyl groups excluding tert-OH is 4. The topological polar surface area (TPSA) is 137 Å². The second-order valence-electron chi connectivity index (χ2n) is 9.66. The van der Waals surface area contributed by atoms with Gasteiger partial charge in [-0.15, -0.1) is 0 Å². The first kappa shape index (κ1) is 27.1. The minimum atomic E-state index is -1.57. The molecule has 1 saturated carbocycles. The van der Waals surface area contributed by atoms with Crippen LogP contribution in [0.25, 0.3) is 0 Å². The van der Waals surface area contributed by atoms with E-state index >= 15 is 0 Å². The minimum Gasteiger partial charge on any atom is -0.387 e. The average Bonchev–Trinajstić information content (AvgIpc) is 2.77. The van der Waals surface area contributed by atoms with Crippen LogP contribution in [0.4, 0.5) is 0 Å². The van der Waals surface area contributed by atoms with Gasteiger partial charge in [-0.05, 0) is 39.0 Å². The Hall–Kier alpha value is -1.10. The molecule has 0 unspecified atom stereocenters.